The highest BCUT2D eigenvalue weighted by molar-refractivity contribution is 5.92. The number of hydrogen-bond acceptors (Lipinski definition) is 6. The Morgan fingerprint density at radius 1 is 1.71 bits per heavy atom. The molecule has 0 aliphatic heterocycles. The van der Waals surface area contributed by atoms with Gasteiger partial charge in [0.1, 0.15) is 12.7 Å². The average molecular weight is 237 g/mol. The fraction of sp³-hybridized carbons (Fsp3) is 0.111. The van der Waals surface area contributed by atoms with E-state index in [4.69, 9.17) is 10.4 Å². The Hall–Kier alpha value is -2.82. The van der Waals surface area contributed by atoms with Crippen LogP contribution >= 0.6 is 0 Å². The van der Waals surface area contributed by atoms with Crippen LogP contribution in [0.5, 0.6) is 0 Å². The van der Waals surface area contributed by atoms with Crippen molar-refractivity contribution in [2.24, 2.45) is 0 Å². The lowest BCUT2D eigenvalue weighted by Crippen LogP contribution is -2.14. The first-order valence-corrected chi connectivity index (χ1v) is 4.28. The van der Waals surface area contributed by atoms with E-state index < -0.39 is 17.8 Å². The SMILES string of the molecule is C=CCOC(=O)Nc1onc(C(=O)O)c1C#N. The van der Waals surface area contributed by atoms with Crippen molar-refractivity contribution < 1.29 is 24.0 Å². The molecule has 88 valence electrons. The summed E-state index contributed by atoms with van der Waals surface area (Å²) in [6.45, 7) is 3.30. The second-order valence-corrected chi connectivity index (χ2v) is 2.66. The van der Waals surface area contributed by atoms with E-state index in [1.807, 2.05) is 5.32 Å². The fourth-order valence-electron chi connectivity index (χ4n) is 0.889. The Labute approximate surface area is 95.1 Å². The largest absolute Gasteiger partial charge is 0.476 e. The van der Waals surface area contributed by atoms with E-state index in [1.165, 1.54) is 6.08 Å². The molecule has 0 aliphatic rings. The molecule has 2 N–H and O–H groups in total. The van der Waals surface area contributed by atoms with Gasteiger partial charge in [0.25, 0.3) is 5.88 Å². The van der Waals surface area contributed by atoms with Crippen molar-refractivity contribution in [3.8, 4) is 6.07 Å². The van der Waals surface area contributed by atoms with E-state index >= 15 is 0 Å². The number of aromatic nitrogens is 1. The van der Waals surface area contributed by atoms with Crippen LogP contribution < -0.4 is 5.32 Å². The number of carboxylic acids is 1. The molecule has 0 aromatic carbocycles. The number of nitrogens with one attached hydrogen (secondary N) is 1. The van der Waals surface area contributed by atoms with E-state index in [0.717, 1.165) is 0 Å². The monoisotopic (exact) mass is 237 g/mol. The predicted molar refractivity (Wildman–Crippen MR) is 53.3 cm³/mol. The Morgan fingerprint density at radius 3 is 2.94 bits per heavy atom. The van der Waals surface area contributed by atoms with Crippen molar-refractivity contribution in [1.29, 1.82) is 5.26 Å². The van der Waals surface area contributed by atoms with Gasteiger partial charge in [0.05, 0.1) is 0 Å². The molecule has 0 radical (unpaired) electrons. The summed E-state index contributed by atoms with van der Waals surface area (Å²) in [5, 5.41) is 22.5. The minimum atomic E-state index is -1.43. The van der Waals surface area contributed by atoms with Gasteiger partial charge in [0, 0.05) is 0 Å². The third-order valence-corrected chi connectivity index (χ3v) is 1.55. The molecule has 0 aliphatic carbocycles. The summed E-state index contributed by atoms with van der Waals surface area (Å²) in [6, 6.07) is 1.56. The molecular formula is C9H7N3O5. The third-order valence-electron chi connectivity index (χ3n) is 1.55. The van der Waals surface area contributed by atoms with Crippen LogP contribution in [0.3, 0.4) is 0 Å². The number of nitriles is 1. The molecule has 8 nitrogen and oxygen atoms in total. The van der Waals surface area contributed by atoms with Crippen molar-refractivity contribution in [1.82, 2.24) is 5.16 Å². The Balaban J connectivity index is 2.86. The van der Waals surface area contributed by atoms with Crippen molar-refractivity contribution in [3.05, 3.63) is 23.9 Å². The molecule has 0 saturated heterocycles. The number of anilines is 1. The number of carbonyl (C=O) groups excluding carboxylic acids is 1. The smallest absolute Gasteiger partial charge is 0.414 e. The molecule has 8 heteroatoms. The number of nitrogens with zero attached hydrogens (tertiary/aromatic N) is 2. The average Bonchev–Trinajstić information content (AvgIpc) is 2.69. The van der Waals surface area contributed by atoms with Crippen LogP contribution in [0.1, 0.15) is 16.1 Å². The zero-order valence-electron chi connectivity index (χ0n) is 8.47. The first-order valence-electron chi connectivity index (χ1n) is 4.28. The standard InChI is InChI=1S/C9H7N3O5/c1-2-3-16-9(15)11-7-5(4-10)6(8(13)14)12-17-7/h2H,1,3H2,(H,11,15)(H,13,14). The number of carbonyl (C=O) groups is 2. The van der Waals surface area contributed by atoms with Gasteiger partial charge in [-0.05, 0) is 0 Å². The summed E-state index contributed by atoms with van der Waals surface area (Å²) in [5.74, 6) is -1.81. The number of carboxylic acid groups (broad SMARTS) is 1. The van der Waals surface area contributed by atoms with Gasteiger partial charge in [-0.2, -0.15) is 5.26 Å². The highest BCUT2D eigenvalue weighted by Crippen LogP contribution is 2.18. The lowest BCUT2D eigenvalue weighted by Gasteiger charge is -2.00. The number of rotatable bonds is 4. The van der Waals surface area contributed by atoms with Gasteiger partial charge in [0.15, 0.2) is 5.56 Å². The van der Waals surface area contributed by atoms with Crippen molar-refractivity contribution >= 4 is 17.9 Å². The van der Waals surface area contributed by atoms with Crippen LogP contribution in [0.4, 0.5) is 10.7 Å². The predicted octanol–water partition coefficient (Wildman–Crippen LogP) is 0.979. The van der Waals surface area contributed by atoms with Gasteiger partial charge >= 0.3 is 12.1 Å². The van der Waals surface area contributed by atoms with Gasteiger partial charge in [-0.15, -0.1) is 0 Å². The molecule has 0 fully saturated rings. The number of aromatic carboxylic acids is 1. The lowest BCUT2D eigenvalue weighted by atomic mass is 10.2. The molecule has 0 saturated carbocycles. The minimum absolute atomic E-state index is 0.0341. The molecule has 1 rings (SSSR count). The molecule has 1 heterocycles. The Kier molecular flexibility index (Phi) is 3.83. The minimum Gasteiger partial charge on any atom is -0.476 e. The lowest BCUT2D eigenvalue weighted by molar-refractivity contribution is 0.0685. The van der Waals surface area contributed by atoms with Crippen molar-refractivity contribution in [3.63, 3.8) is 0 Å². The van der Waals surface area contributed by atoms with Gasteiger partial charge in [-0.1, -0.05) is 17.8 Å². The summed E-state index contributed by atoms with van der Waals surface area (Å²) in [5.41, 5.74) is -0.959. The molecule has 0 atom stereocenters. The summed E-state index contributed by atoms with van der Waals surface area (Å²) >= 11 is 0. The summed E-state index contributed by atoms with van der Waals surface area (Å²) < 4.78 is 9.06. The van der Waals surface area contributed by atoms with E-state index in [1.54, 1.807) is 6.07 Å². The van der Waals surface area contributed by atoms with Crippen molar-refractivity contribution in [2.45, 2.75) is 0 Å². The van der Waals surface area contributed by atoms with E-state index in [0.29, 0.717) is 0 Å². The first-order chi connectivity index (χ1) is 8.10. The van der Waals surface area contributed by atoms with E-state index in [2.05, 4.69) is 21.0 Å². The molecule has 1 aromatic heterocycles. The van der Waals surface area contributed by atoms with Gasteiger partial charge in [-0.25, -0.2) is 9.59 Å². The van der Waals surface area contributed by atoms with Gasteiger partial charge in [-0.3, -0.25) is 5.32 Å². The van der Waals surface area contributed by atoms with Crippen LogP contribution in [0.15, 0.2) is 17.2 Å². The van der Waals surface area contributed by atoms with Crippen LogP contribution in [-0.2, 0) is 4.74 Å². The van der Waals surface area contributed by atoms with E-state index in [-0.39, 0.29) is 18.1 Å². The van der Waals surface area contributed by atoms with Crippen LogP contribution in [0, 0.1) is 11.3 Å². The zero-order valence-corrected chi connectivity index (χ0v) is 8.47. The molecule has 0 spiro atoms. The summed E-state index contributed by atoms with van der Waals surface area (Å²) in [6.07, 6.45) is 0.433. The summed E-state index contributed by atoms with van der Waals surface area (Å²) in [4.78, 5) is 21.7. The Bertz CT molecular complexity index is 499. The highest BCUT2D eigenvalue weighted by atomic mass is 16.6. The third kappa shape index (κ3) is 2.82. The normalized spacial score (nSPS) is 9.12. The van der Waals surface area contributed by atoms with E-state index in [9.17, 15) is 9.59 Å². The quantitative estimate of drug-likeness (QED) is 0.747. The molecule has 17 heavy (non-hydrogen) atoms. The molecule has 0 unspecified atom stereocenters. The number of hydrogen-bond donors (Lipinski definition) is 2. The van der Waals surface area contributed by atoms with Crippen LogP contribution in [-0.4, -0.2) is 28.9 Å². The Morgan fingerprint density at radius 2 is 2.41 bits per heavy atom. The topological polar surface area (TPSA) is 125 Å². The van der Waals surface area contributed by atoms with Crippen molar-refractivity contribution in [2.75, 3.05) is 11.9 Å². The number of ether oxygens (including phenoxy) is 1. The molecule has 1 aromatic rings. The van der Waals surface area contributed by atoms with Crippen LogP contribution in [0.25, 0.3) is 0 Å². The maximum Gasteiger partial charge on any atom is 0.414 e. The highest BCUT2D eigenvalue weighted by Gasteiger charge is 2.22. The summed E-state index contributed by atoms with van der Waals surface area (Å²) in [7, 11) is 0. The fourth-order valence-corrected chi connectivity index (χ4v) is 0.889. The second-order valence-electron chi connectivity index (χ2n) is 2.66. The molecular weight excluding hydrogens is 230 g/mol. The second kappa shape index (κ2) is 5.32. The maximum atomic E-state index is 11.1. The zero-order chi connectivity index (χ0) is 12.8. The van der Waals surface area contributed by atoms with Gasteiger partial charge in [0.2, 0.25) is 5.69 Å². The molecule has 0 bridgehead atoms. The first kappa shape index (κ1) is 12.3. The number of amides is 1. The maximum absolute atomic E-state index is 11.1. The van der Waals surface area contributed by atoms with Gasteiger partial charge < -0.3 is 14.4 Å². The van der Waals surface area contributed by atoms with Crippen LogP contribution in [0.2, 0.25) is 0 Å². The molecule has 1 amide bonds.